The molecule has 1 atom stereocenters. The Bertz CT molecular complexity index is 666. The number of carbonyl (C=O) groups excluding carboxylic acids is 1. The molecule has 0 amide bonds. The molecule has 0 spiro atoms. The van der Waals surface area contributed by atoms with E-state index in [1.165, 1.54) is 45.4 Å². The van der Waals surface area contributed by atoms with Crippen LogP contribution in [0.3, 0.4) is 0 Å². The van der Waals surface area contributed by atoms with E-state index < -0.39 is 24.0 Å². The Kier molecular flexibility index (Phi) is 4.57. The summed E-state index contributed by atoms with van der Waals surface area (Å²) in [5, 5.41) is 21.6. The highest BCUT2D eigenvalue weighted by atomic mass is 16.8. The number of aliphatic hydroxyl groups excluding tert-OH is 1. The lowest BCUT2D eigenvalue weighted by Gasteiger charge is -2.33. The van der Waals surface area contributed by atoms with Gasteiger partial charge in [0.2, 0.25) is 5.79 Å². The number of carboxylic acids is 1. The van der Waals surface area contributed by atoms with E-state index in [0.717, 1.165) is 0 Å². The van der Waals surface area contributed by atoms with Gasteiger partial charge in [-0.25, -0.2) is 9.59 Å². The van der Waals surface area contributed by atoms with Crippen LogP contribution in [0.5, 0.6) is 5.75 Å². The maximum Gasteiger partial charge on any atom is 0.343 e. The number of nitrogens with one attached hydrogen (secondary N) is 1. The molecule has 8 heteroatoms. The first-order chi connectivity index (χ1) is 10.7. The van der Waals surface area contributed by atoms with Gasteiger partial charge < -0.3 is 29.7 Å². The number of ether oxygens (including phenoxy) is 3. The highest BCUT2D eigenvalue weighted by Crippen LogP contribution is 2.27. The third kappa shape index (κ3) is 3.79. The minimum atomic E-state index is -1.43. The van der Waals surface area contributed by atoms with Crippen molar-refractivity contribution in [3.63, 3.8) is 0 Å². The summed E-state index contributed by atoms with van der Waals surface area (Å²) in [5.74, 6) is -2.88. The van der Waals surface area contributed by atoms with Crippen molar-refractivity contribution in [1.82, 2.24) is 0 Å². The molecule has 1 unspecified atom stereocenters. The van der Waals surface area contributed by atoms with Crippen molar-refractivity contribution in [2.75, 3.05) is 12.4 Å². The number of carbonyl (C=O) groups is 2. The number of rotatable bonds is 4. The van der Waals surface area contributed by atoms with Gasteiger partial charge >= 0.3 is 11.9 Å². The molecule has 124 valence electrons. The molecule has 1 aliphatic rings. The number of carboxylic acid groups (broad SMARTS) is 1. The van der Waals surface area contributed by atoms with Crippen LogP contribution in [0.2, 0.25) is 0 Å². The van der Waals surface area contributed by atoms with Gasteiger partial charge in [0.15, 0.2) is 6.29 Å². The zero-order valence-electron chi connectivity index (χ0n) is 12.8. The van der Waals surface area contributed by atoms with E-state index in [4.69, 9.17) is 19.3 Å². The van der Waals surface area contributed by atoms with Crippen molar-refractivity contribution in [3.8, 4) is 5.75 Å². The van der Waals surface area contributed by atoms with Gasteiger partial charge in [-0.15, -0.1) is 0 Å². The third-order valence-corrected chi connectivity index (χ3v) is 3.06. The molecule has 1 fully saturated rings. The normalized spacial score (nSPS) is 21.7. The molecule has 0 bridgehead atoms. The van der Waals surface area contributed by atoms with Crippen LogP contribution >= 0.6 is 0 Å². The maximum atomic E-state index is 11.8. The molecular weight excluding hydrogens is 306 g/mol. The van der Waals surface area contributed by atoms with Crippen molar-refractivity contribution in [1.29, 1.82) is 0 Å². The Labute approximate surface area is 132 Å². The zero-order chi connectivity index (χ0) is 17.2. The molecule has 1 aliphatic heterocycles. The van der Waals surface area contributed by atoms with Gasteiger partial charge in [-0.3, -0.25) is 0 Å². The van der Waals surface area contributed by atoms with E-state index >= 15 is 0 Å². The number of aromatic carboxylic acids is 1. The predicted molar refractivity (Wildman–Crippen MR) is 78.9 cm³/mol. The second-order valence-electron chi connectivity index (χ2n) is 5.22. The summed E-state index contributed by atoms with van der Waals surface area (Å²) in [6.45, 7) is 3.02. The van der Waals surface area contributed by atoms with Crippen molar-refractivity contribution in [2.24, 2.45) is 0 Å². The quantitative estimate of drug-likeness (QED) is 0.561. The average Bonchev–Trinajstić information content (AvgIpc) is 2.44. The van der Waals surface area contributed by atoms with Crippen LogP contribution in [0.25, 0.3) is 0 Å². The highest BCUT2D eigenvalue weighted by molar-refractivity contribution is 5.92. The fourth-order valence-electron chi connectivity index (χ4n) is 1.99. The molecule has 3 N–H and O–H groups in total. The first-order valence-electron chi connectivity index (χ1n) is 6.70. The summed E-state index contributed by atoms with van der Waals surface area (Å²) in [6.07, 6.45) is -0.198. The van der Waals surface area contributed by atoms with Gasteiger partial charge in [0.25, 0.3) is 0 Å². The monoisotopic (exact) mass is 323 g/mol. The van der Waals surface area contributed by atoms with Gasteiger partial charge in [0.1, 0.15) is 16.9 Å². The van der Waals surface area contributed by atoms with Crippen LogP contribution in [0.1, 0.15) is 24.2 Å². The largest absolute Gasteiger partial charge is 0.496 e. The molecule has 1 aromatic carbocycles. The summed E-state index contributed by atoms with van der Waals surface area (Å²) in [5.41, 5.74) is 0.364. The van der Waals surface area contributed by atoms with Crippen LogP contribution < -0.4 is 10.1 Å². The summed E-state index contributed by atoms with van der Waals surface area (Å²) < 4.78 is 15.2. The molecule has 1 saturated heterocycles. The lowest BCUT2D eigenvalue weighted by molar-refractivity contribution is -0.279. The van der Waals surface area contributed by atoms with E-state index in [1.54, 1.807) is 0 Å². The van der Waals surface area contributed by atoms with E-state index in [1.807, 2.05) is 0 Å². The summed E-state index contributed by atoms with van der Waals surface area (Å²) in [7, 11) is 1.35. The lowest BCUT2D eigenvalue weighted by atomic mass is 10.1. The molecule has 23 heavy (non-hydrogen) atoms. The number of anilines is 1. The number of cyclic esters (lactones) is 1. The SMILES string of the molecule is COc1cc(N/C=C2/C(=O)OC(C)(C)OC2O)ccc1C(=O)O. The Morgan fingerprint density at radius 3 is 2.70 bits per heavy atom. The standard InChI is InChI=1S/C15H17NO7/c1-15(2)22-13(19)10(14(20)23-15)7-16-8-4-5-9(12(17)18)11(6-8)21-3/h4-7,13,16,19H,1-3H3,(H,17,18)/b10-7+. The van der Waals surface area contributed by atoms with Crippen LogP contribution in [0.15, 0.2) is 30.0 Å². The fraction of sp³-hybridized carbons (Fsp3) is 0.333. The highest BCUT2D eigenvalue weighted by Gasteiger charge is 2.38. The van der Waals surface area contributed by atoms with Gasteiger partial charge in [-0.2, -0.15) is 0 Å². The summed E-state index contributed by atoms with van der Waals surface area (Å²) >= 11 is 0. The molecule has 8 nitrogen and oxygen atoms in total. The third-order valence-electron chi connectivity index (χ3n) is 3.06. The van der Waals surface area contributed by atoms with Crippen LogP contribution in [0.4, 0.5) is 5.69 Å². The predicted octanol–water partition coefficient (Wildman–Crippen LogP) is 1.32. The second kappa shape index (κ2) is 6.27. The van der Waals surface area contributed by atoms with Crippen molar-refractivity contribution >= 4 is 17.6 Å². The average molecular weight is 323 g/mol. The number of hydrogen-bond acceptors (Lipinski definition) is 7. The molecule has 1 aromatic rings. The minimum absolute atomic E-state index is 0.00731. The van der Waals surface area contributed by atoms with Gasteiger partial charge in [0.05, 0.1) is 7.11 Å². The molecule has 0 saturated carbocycles. The number of methoxy groups -OCH3 is 1. The lowest BCUT2D eigenvalue weighted by Crippen LogP contribution is -2.44. The first kappa shape index (κ1) is 16.8. The molecule has 0 aromatic heterocycles. The Morgan fingerprint density at radius 2 is 2.13 bits per heavy atom. The number of aliphatic hydroxyl groups is 1. The minimum Gasteiger partial charge on any atom is -0.496 e. The zero-order valence-corrected chi connectivity index (χ0v) is 12.8. The van der Waals surface area contributed by atoms with Crippen LogP contribution in [-0.4, -0.2) is 41.3 Å². The second-order valence-corrected chi connectivity index (χ2v) is 5.22. The summed E-state index contributed by atoms with van der Waals surface area (Å²) in [6, 6.07) is 4.30. The maximum absolute atomic E-state index is 11.8. The Hall–Kier alpha value is -2.58. The van der Waals surface area contributed by atoms with Crippen LogP contribution in [-0.2, 0) is 14.3 Å². The van der Waals surface area contributed by atoms with E-state index in [0.29, 0.717) is 5.69 Å². The molecule has 0 aliphatic carbocycles. The van der Waals surface area contributed by atoms with Gasteiger partial charge in [-0.05, 0) is 12.1 Å². The number of esters is 1. The number of hydrogen-bond donors (Lipinski definition) is 3. The molecular formula is C15H17NO7. The Morgan fingerprint density at radius 1 is 1.43 bits per heavy atom. The molecule has 2 rings (SSSR count). The van der Waals surface area contributed by atoms with E-state index in [2.05, 4.69) is 5.32 Å². The first-order valence-corrected chi connectivity index (χ1v) is 6.70. The van der Waals surface area contributed by atoms with Gasteiger partial charge in [-0.1, -0.05) is 0 Å². The van der Waals surface area contributed by atoms with Crippen LogP contribution in [0, 0.1) is 0 Å². The molecule has 0 radical (unpaired) electrons. The van der Waals surface area contributed by atoms with Crippen molar-refractivity contribution in [2.45, 2.75) is 25.9 Å². The summed E-state index contributed by atoms with van der Waals surface area (Å²) in [4.78, 5) is 22.9. The topological polar surface area (TPSA) is 114 Å². The molecule has 1 heterocycles. The van der Waals surface area contributed by atoms with E-state index in [9.17, 15) is 14.7 Å². The van der Waals surface area contributed by atoms with Crippen molar-refractivity contribution < 1.29 is 34.0 Å². The number of benzene rings is 1. The van der Waals surface area contributed by atoms with E-state index in [-0.39, 0.29) is 16.9 Å². The smallest absolute Gasteiger partial charge is 0.343 e. The van der Waals surface area contributed by atoms with Crippen molar-refractivity contribution in [3.05, 3.63) is 35.5 Å². The fourth-order valence-corrected chi connectivity index (χ4v) is 1.99. The van der Waals surface area contributed by atoms with Gasteiger partial charge in [0, 0.05) is 31.8 Å². The Balaban J connectivity index is 2.20.